The summed E-state index contributed by atoms with van der Waals surface area (Å²) in [5, 5.41) is 24.0. The fourth-order valence-corrected chi connectivity index (χ4v) is 2.01. The van der Waals surface area contributed by atoms with Crippen LogP contribution in [0.25, 0.3) is 0 Å². The van der Waals surface area contributed by atoms with Crippen molar-refractivity contribution in [3.8, 4) is 0 Å². The zero-order valence-corrected chi connectivity index (χ0v) is 12.3. The molecule has 0 saturated carbocycles. The average molecular weight is 296 g/mol. The number of carbonyl (C=O) groups excluding carboxylic acids is 1. The third kappa shape index (κ3) is 5.01. The molecule has 1 aromatic rings. The number of nitrogens with two attached hydrogens (primary N) is 1. The molecule has 1 amide bonds. The number of likely N-dealkylation sites (N-methyl/N-ethyl adjacent to an activating group) is 1. The predicted molar refractivity (Wildman–Crippen MR) is 79.3 cm³/mol. The summed E-state index contributed by atoms with van der Waals surface area (Å²) in [6, 6.07) is 3.92. The van der Waals surface area contributed by atoms with Crippen LogP contribution in [0.2, 0.25) is 0 Å². The first kappa shape index (κ1) is 16.9. The lowest BCUT2D eigenvalue weighted by Crippen LogP contribution is -2.43. The Kier molecular flexibility index (Phi) is 5.23. The fourth-order valence-electron chi connectivity index (χ4n) is 2.01. The van der Waals surface area contributed by atoms with Gasteiger partial charge >= 0.3 is 0 Å². The summed E-state index contributed by atoms with van der Waals surface area (Å²) in [7, 11) is 3.64. The monoisotopic (exact) mass is 296 g/mol. The van der Waals surface area contributed by atoms with E-state index in [1.807, 2.05) is 19.0 Å². The van der Waals surface area contributed by atoms with E-state index in [0.29, 0.717) is 6.54 Å². The molecule has 116 valence electrons. The van der Waals surface area contributed by atoms with Crippen LogP contribution < -0.4 is 11.1 Å². The summed E-state index contributed by atoms with van der Waals surface area (Å²) in [5.41, 5.74) is 4.08. The highest BCUT2D eigenvalue weighted by molar-refractivity contribution is 5.94. The molecule has 0 saturated heterocycles. The Hall–Kier alpha value is -2.19. The highest BCUT2D eigenvalue weighted by Crippen LogP contribution is 2.26. The summed E-state index contributed by atoms with van der Waals surface area (Å²) in [6.45, 7) is 2.15. The lowest BCUT2D eigenvalue weighted by molar-refractivity contribution is -0.384. The standard InChI is InChI=1S/C13H20N4O4/c1-13(19,8-16(2)3)7-15-10-5-4-9(12(14)18)6-11(10)17(20)21/h4-6,15,19H,7-8H2,1-3H3,(H2,14,18). The van der Waals surface area contributed by atoms with E-state index >= 15 is 0 Å². The van der Waals surface area contributed by atoms with E-state index in [4.69, 9.17) is 5.73 Å². The van der Waals surface area contributed by atoms with Gasteiger partial charge in [0.1, 0.15) is 5.69 Å². The van der Waals surface area contributed by atoms with E-state index < -0.39 is 16.4 Å². The first-order valence-electron chi connectivity index (χ1n) is 6.31. The molecule has 0 aliphatic heterocycles. The van der Waals surface area contributed by atoms with Gasteiger partial charge in [0.2, 0.25) is 5.91 Å². The minimum atomic E-state index is -1.06. The van der Waals surface area contributed by atoms with Crippen LogP contribution in [0.15, 0.2) is 18.2 Å². The number of nitro groups is 1. The number of benzene rings is 1. The smallest absolute Gasteiger partial charge is 0.293 e. The number of hydrogen-bond acceptors (Lipinski definition) is 6. The molecular weight excluding hydrogens is 276 g/mol. The normalized spacial score (nSPS) is 13.8. The van der Waals surface area contributed by atoms with Gasteiger partial charge in [-0.15, -0.1) is 0 Å². The van der Waals surface area contributed by atoms with Gasteiger partial charge in [-0.1, -0.05) is 0 Å². The van der Waals surface area contributed by atoms with Crippen LogP contribution in [0.4, 0.5) is 11.4 Å². The van der Waals surface area contributed by atoms with Gasteiger partial charge in [0.15, 0.2) is 0 Å². The van der Waals surface area contributed by atoms with Crippen molar-refractivity contribution < 1.29 is 14.8 Å². The number of aliphatic hydroxyl groups is 1. The Morgan fingerprint density at radius 1 is 1.52 bits per heavy atom. The molecule has 0 spiro atoms. The second kappa shape index (κ2) is 6.51. The van der Waals surface area contributed by atoms with Crippen molar-refractivity contribution in [3.63, 3.8) is 0 Å². The average Bonchev–Trinajstić information content (AvgIpc) is 2.34. The highest BCUT2D eigenvalue weighted by atomic mass is 16.6. The van der Waals surface area contributed by atoms with Gasteiger partial charge in [-0.3, -0.25) is 14.9 Å². The maximum Gasteiger partial charge on any atom is 0.293 e. The summed E-state index contributed by atoms with van der Waals surface area (Å²) in [6.07, 6.45) is 0. The maximum atomic E-state index is 11.1. The lowest BCUT2D eigenvalue weighted by atomic mass is 10.1. The molecule has 0 aliphatic rings. The molecule has 0 radical (unpaired) electrons. The zero-order valence-electron chi connectivity index (χ0n) is 12.3. The van der Waals surface area contributed by atoms with Crippen LogP contribution >= 0.6 is 0 Å². The number of rotatable bonds is 7. The Bertz CT molecular complexity index is 543. The van der Waals surface area contributed by atoms with E-state index in [9.17, 15) is 20.0 Å². The third-order valence-corrected chi connectivity index (χ3v) is 2.80. The van der Waals surface area contributed by atoms with Crippen molar-refractivity contribution in [1.29, 1.82) is 0 Å². The lowest BCUT2D eigenvalue weighted by Gasteiger charge is -2.27. The second-order valence-corrected chi connectivity index (χ2v) is 5.44. The summed E-state index contributed by atoms with van der Waals surface area (Å²) in [5.74, 6) is -0.732. The van der Waals surface area contributed by atoms with Crippen LogP contribution in [-0.2, 0) is 0 Å². The molecule has 0 aromatic heterocycles. The van der Waals surface area contributed by atoms with Gasteiger partial charge in [-0.25, -0.2) is 0 Å². The minimum Gasteiger partial charge on any atom is -0.387 e. The van der Waals surface area contributed by atoms with Gasteiger partial charge in [0, 0.05) is 24.7 Å². The molecule has 1 rings (SSSR count). The van der Waals surface area contributed by atoms with E-state index in [-0.39, 0.29) is 23.5 Å². The molecule has 1 unspecified atom stereocenters. The Morgan fingerprint density at radius 2 is 2.14 bits per heavy atom. The third-order valence-electron chi connectivity index (χ3n) is 2.80. The number of hydrogen-bond donors (Lipinski definition) is 3. The van der Waals surface area contributed by atoms with Crippen LogP contribution in [0.5, 0.6) is 0 Å². The van der Waals surface area contributed by atoms with Crippen LogP contribution in [-0.4, -0.2) is 53.6 Å². The van der Waals surface area contributed by atoms with Crippen molar-refractivity contribution >= 4 is 17.3 Å². The topological polar surface area (TPSA) is 122 Å². The number of nitrogens with one attached hydrogen (secondary N) is 1. The molecule has 0 heterocycles. The van der Waals surface area contributed by atoms with E-state index in [0.717, 1.165) is 6.07 Å². The number of primary amides is 1. The first-order chi connectivity index (χ1) is 9.62. The number of amides is 1. The van der Waals surface area contributed by atoms with Crippen molar-refractivity contribution in [2.45, 2.75) is 12.5 Å². The van der Waals surface area contributed by atoms with E-state index in [1.165, 1.54) is 12.1 Å². The number of nitrogens with zero attached hydrogens (tertiary/aromatic N) is 2. The van der Waals surface area contributed by atoms with Crippen molar-refractivity contribution in [1.82, 2.24) is 4.90 Å². The Balaban J connectivity index is 2.93. The van der Waals surface area contributed by atoms with Gasteiger partial charge in [0.05, 0.1) is 10.5 Å². The second-order valence-electron chi connectivity index (χ2n) is 5.44. The Morgan fingerprint density at radius 3 is 2.62 bits per heavy atom. The fraction of sp³-hybridized carbons (Fsp3) is 0.462. The highest BCUT2D eigenvalue weighted by Gasteiger charge is 2.23. The molecule has 8 nitrogen and oxygen atoms in total. The van der Waals surface area contributed by atoms with Crippen LogP contribution in [0, 0.1) is 10.1 Å². The van der Waals surface area contributed by atoms with Gasteiger partial charge in [-0.05, 0) is 33.2 Å². The number of anilines is 1. The van der Waals surface area contributed by atoms with Gasteiger partial charge < -0.3 is 21.1 Å². The molecule has 21 heavy (non-hydrogen) atoms. The van der Waals surface area contributed by atoms with Gasteiger partial charge in [-0.2, -0.15) is 0 Å². The number of nitro benzene ring substituents is 1. The molecule has 0 bridgehead atoms. The summed E-state index contributed by atoms with van der Waals surface area (Å²) >= 11 is 0. The van der Waals surface area contributed by atoms with Crippen molar-refractivity contribution in [3.05, 3.63) is 33.9 Å². The van der Waals surface area contributed by atoms with Crippen LogP contribution in [0.1, 0.15) is 17.3 Å². The van der Waals surface area contributed by atoms with Gasteiger partial charge in [0.25, 0.3) is 5.69 Å². The minimum absolute atomic E-state index is 0.0623. The summed E-state index contributed by atoms with van der Waals surface area (Å²) in [4.78, 5) is 23.3. The largest absolute Gasteiger partial charge is 0.387 e. The molecule has 0 fully saturated rings. The summed E-state index contributed by atoms with van der Waals surface area (Å²) < 4.78 is 0. The molecule has 4 N–H and O–H groups in total. The maximum absolute atomic E-state index is 11.1. The Labute approximate surface area is 122 Å². The van der Waals surface area contributed by atoms with E-state index in [2.05, 4.69) is 5.32 Å². The molecule has 8 heteroatoms. The molecule has 1 aromatic carbocycles. The van der Waals surface area contributed by atoms with E-state index in [1.54, 1.807) is 6.92 Å². The SMILES string of the molecule is CN(C)CC(C)(O)CNc1ccc(C(N)=O)cc1[N+](=O)[O-]. The molecular formula is C13H20N4O4. The molecule has 1 atom stereocenters. The molecule has 0 aliphatic carbocycles. The predicted octanol–water partition coefficient (Wildman–Crippen LogP) is 0.418. The van der Waals surface area contributed by atoms with Crippen LogP contribution in [0.3, 0.4) is 0 Å². The quantitative estimate of drug-likeness (QED) is 0.495. The number of carbonyl (C=O) groups is 1. The van der Waals surface area contributed by atoms with Crippen molar-refractivity contribution in [2.24, 2.45) is 5.73 Å². The van der Waals surface area contributed by atoms with Crippen molar-refractivity contribution in [2.75, 3.05) is 32.5 Å². The zero-order chi connectivity index (χ0) is 16.2. The first-order valence-corrected chi connectivity index (χ1v) is 6.31.